The Morgan fingerprint density at radius 1 is 1.13 bits per heavy atom. The highest BCUT2D eigenvalue weighted by molar-refractivity contribution is 6.07. The number of urea groups is 1. The Bertz CT molecular complexity index is 1450. The fraction of sp³-hybridized carbons (Fsp3) is 0.680. The van der Waals surface area contributed by atoms with E-state index in [1.54, 1.807) is 0 Å². The van der Waals surface area contributed by atoms with Crippen LogP contribution in [0.15, 0.2) is 15.9 Å². The molecule has 0 radical (unpaired) electrons. The van der Waals surface area contributed by atoms with Gasteiger partial charge in [0.1, 0.15) is 5.54 Å². The molecule has 1 spiro atoms. The number of β-amino-alcohol motifs (C(OH)–C–C–N with tert-alkyl or cyclic N) is 1. The van der Waals surface area contributed by atoms with Gasteiger partial charge in [0.15, 0.2) is 11.2 Å². The van der Waals surface area contributed by atoms with Crippen molar-refractivity contribution in [2.24, 2.45) is 14.1 Å². The molecule has 2 aromatic heterocycles. The quantitative estimate of drug-likeness (QED) is 0.400. The number of fused-ring (bicyclic) bond motifs is 1. The van der Waals surface area contributed by atoms with Crippen LogP contribution in [0.5, 0.6) is 0 Å². The minimum atomic E-state index is -1.52. The molecule has 1 aliphatic carbocycles. The number of aliphatic hydroxyl groups is 2. The first kappa shape index (κ1) is 27.1. The Balaban J connectivity index is 1.35. The predicted octanol–water partition coefficient (Wildman–Crippen LogP) is -1.04. The molecule has 3 aliphatic rings. The van der Waals surface area contributed by atoms with Gasteiger partial charge >= 0.3 is 11.7 Å². The molecule has 3 N–H and O–H groups in total. The van der Waals surface area contributed by atoms with E-state index < -0.39 is 40.6 Å². The zero-order chi connectivity index (χ0) is 28.3. The van der Waals surface area contributed by atoms with Crippen LogP contribution >= 0.6 is 0 Å². The van der Waals surface area contributed by atoms with Crippen molar-refractivity contribution in [2.75, 3.05) is 19.6 Å². The third kappa shape index (κ3) is 4.44. The number of aryl methyl sites for hydroxylation is 1. The molecule has 212 valence electrons. The van der Waals surface area contributed by atoms with E-state index in [9.17, 15) is 34.2 Å². The predicted molar refractivity (Wildman–Crippen MR) is 138 cm³/mol. The van der Waals surface area contributed by atoms with E-state index in [4.69, 9.17) is 0 Å². The average Bonchev–Trinajstić information content (AvgIpc) is 3.56. The second-order valence-electron chi connectivity index (χ2n) is 11.3. The molecule has 0 bridgehead atoms. The molecule has 2 aliphatic heterocycles. The van der Waals surface area contributed by atoms with Crippen molar-refractivity contribution >= 4 is 29.0 Å². The zero-order valence-corrected chi connectivity index (χ0v) is 22.4. The van der Waals surface area contributed by atoms with E-state index >= 15 is 0 Å². The monoisotopic (exact) mass is 545 g/mol. The summed E-state index contributed by atoms with van der Waals surface area (Å²) in [6.45, 7) is 1.59. The highest BCUT2D eigenvalue weighted by Gasteiger charge is 2.52. The summed E-state index contributed by atoms with van der Waals surface area (Å²) in [6, 6.07) is -1.28. The van der Waals surface area contributed by atoms with E-state index in [1.165, 1.54) is 46.3 Å². The molecule has 4 heterocycles. The van der Waals surface area contributed by atoms with Crippen molar-refractivity contribution in [3.05, 3.63) is 27.2 Å². The van der Waals surface area contributed by atoms with Crippen LogP contribution < -0.4 is 16.6 Å². The summed E-state index contributed by atoms with van der Waals surface area (Å²) in [4.78, 5) is 70.8. The number of amides is 4. The lowest BCUT2D eigenvalue weighted by molar-refractivity contribution is -0.134. The fourth-order valence-electron chi connectivity index (χ4n) is 6.35. The first-order valence-corrected chi connectivity index (χ1v) is 13.3. The highest BCUT2D eigenvalue weighted by Crippen LogP contribution is 2.36. The van der Waals surface area contributed by atoms with Crippen molar-refractivity contribution in [3.8, 4) is 0 Å². The van der Waals surface area contributed by atoms with Crippen LogP contribution in [0.3, 0.4) is 0 Å². The van der Waals surface area contributed by atoms with Gasteiger partial charge in [-0.05, 0) is 26.2 Å². The number of rotatable bonds is 5. The minimum absolute atomic E-state index is 0.0204. The van der Waals surface area contributed by atoms with Crippen molar-refractivity contribution in [2.45, 2.75) is 75.2 Å². The number of imidazole rings is 1. The molecule has 4 amide bonds. The van der Waals surface area contributed by atoms with E-state index in [0.29, 0.717) is 12.8 Å². The number of hydrogen-bond acceptors (Lipinski definition) is 8. The van der Waals surface area contributed by atoms with Crippen molar-refractivity contribution in [1.29, 1.82) is 0 Å². The smallest absolute Gasteiger partial charge is 0.332 e. The summed E-state index contributed by atoms with van der Waals surface area (Å²) in [6.07, 6.45) is 3.57. The van der Waals surface area contributed by atoms with Crippen LogP contribution in [0.2, 0.25) is 0 Å². The van der Waals surface area contributed by atoms with Crippen LogP contribution in [0.1, 0.15) is 57.9 Å². The number of aromatic nitrogens is 4. The second kappa shape index (κ2) is 9.59. The van der Waals surface area contributed by atoms with Crippen molar-refractivity contribution < 1.29 is 24.6 Å². The molecule has 5 rings (SSSR count). The Morgan fingerprint density at radius 2 is 1.82 bits per heavy atom. The average molecular weight is 546 g/mol. The Kier molecular flexibility index (Phi) is 6.66. The topological polar surface area (TPSA) is 172 Å². The summed E-state index contributed by atoms with van der Waals surface area (Å²) in [7, 11) is 2.85. The maximum absolute atomic E-state index is 13.3. The van der Waals surface area contributed by atoms with Gasteiger partial charge < -0.3 is 25.0 Å². The van der Waals surface area contributed by atoms with Crippen molar-refractivity contribution in [1.82, 2.24) is 33.8 Å². The Labute approximate surface area is 223 Å². The second-order valence-corrected chi connectivity index (χ2v) is 11.3. The molecule has 0 aromatic carbocycles. The molecule has 2 aromatic rings. The van der Waals surface area contributed by atoms with E-state index in [0.717, 1.165) is 17.4 Å². The minimum Gasteiger partial charge on any atom is -0.391 e. The molecule has 2 saturated heterocycles. The van der Waals surface area contributed by atoms with Gasteiger partial charge in [0.05, 0.1) is 24.1 Å². The number of imide groups is 1. The SMILES string of the molecule is Cn1c(=O)c2c(ncn2[C@H]2CN(C(=O)CCCN3C(=O)NC4(CCCC4)C3=O)C[C@H](O)C[C@]2(C)O)n(C)c1=O. The van der Waals surface area contributed by atoms with E-state index in [-0.39, 0.29) is 61.9 Å². The lowest BCUT2D eigenvalue weighted by Gasteiger charge is -2.34. The summed E-state index contributed by atoms with van der Waals surface area (Å²) in [5.74, 6) is -0.550. The van der Waals surface area contributed by atoms with Crippen LogP contribution in [0.4, 0.5) is 4.79 Å². The maximum atomic E-state index is 13.3. The molecule has 14 nitrogen and oxygen atoms in total. The van der Waals surface area contributed by atoms with Crippen LogP contribution in [0.25, 0.3) is 11.2 Å². The maximum Gasteiger partial charge on any atom is 0.332 e. The summed E-state index contributed by atoms with van der Waals surface area (Å²) in [5, 5.41) is 24.8. The number of carbonyl (C=O) groups excluding carboxylic acids is 3. The number of hydrogen-bond donors (Lipinski definition) is 3. The summed E-state index contributed by atoms with van der Waals surface area (Å²) < 4.78 is 3.67. The number of aliphatic hydroxyl groups excluding tert-OH is 1. The first-order chi connectivity index (χ1) is 18.4. The molecule has 3 atom stereocenters. The molecular formula is C25H35N7O7. The Hall–Kier alpha value is -3.52. The number of nitrogens with zero attached hydrogens (tertiary/aromatic N) is 6. The number of likely N-dealkylation sites (tertiary alicyclic amines) is 1. The highest BCUT2D eigenvalue weighted by atomic mass is 16.3. The van der Waals surface area contributed by atoms with Crippen LogP contribution in [-0.4, -0.2) is 93.4 Å². The molecule has 0 unspecified atom stereocenters. The van der Waals surface area contributed by atoms with Crippen LogP contribution in [0, 0.1) is 0 Å². The zero-order valence-electron chi connectivity index (χ0n) is 22.4. The largest absolute Gasteiger partial charge is 0.391 e. The standard InChI is InChI=1S/C25H35N7O7/c1-24(39)11-15(33)12-30(13-16(24)32-14-26-19-18(32)20(35)29(3)23(38)28(19)2)17(34)7-6-10-31-21(36)25(27-22(31)37)8-4-5-9-25/h14-16,33,39H,4-13H2,1-3H3,(H,27,37)/t15-,16+,24+/m1/s1. The summed E-state index contributed by atoms with van der Waals surface area (Å²) in [5.41, 5.74) is -3.19. The third-order valence-corrected chi connectivity index (χ3v) is 8.53. The van der Waals surface area contributed by atoms with E-state index in [1.807, 2.05) is 0 Å². The molecule has 39 heavy (non-hydrogen) atoms. The number of nitrogens with one attached hydrogen (secondary N) is 1. The third-order valence-electron chi connectivity index (χ3n) is 8.53. The fourth-order valence-corrected chi connectivity index (χ4v) is 6.35. The van der Waals surface area contributed by atoms with Crippen molar-refractivity contribution in [3.63, 3.8) is 0 Å². The van der Waals surface area contributed by atoms with E-state index in [2.05, 4.69) is 10.3 Å². The van der Waals surface area contributed by atoms with Gasteiger partial charge in [-0.15, -0.1) is 0 Å². The number of carbonyl (C=O) groups is 3. The van der Waals surface area contributed by atoms with Gasteiger partial charge in [-0.1, -0.05) is 12.8 Å². The van der Waals surface area contributed by atoms with Gasteiger partial charge in [-0.25, -0.2) is 14.6 Å². The van der Waals surface area contributed by atoms with Gasteiger partial charge in [-0.3, -0.25) is 28.4 Å². The molecule has 14 heteroatoms. The summed E-state index contributed by atoms with van der Waals surface area (Å²) >= 11 is 0. The molecule has 3 fully saturated rings. The van der Waals surface area contributed by atoms with Gasteiger partial charge in [-0.2, -0.15) is 0 Å². The van der Waals surface area contributed by atoms with Gasteiger partial charge in [0.25, 0.3) is 11.5 Å². The first-order valence-electron chi connectivity index (χ1n) is 13.3. The van der Waals surface area contributed by atoms with Gasteiger partial charge in [0, 0.05) is 46.6 Å². The Morgan fingerprint density at radius 3 is 2.51 bits per heavy atom. The molecule has 1 saturated carbocycles. The van der Waals surface area contributed by atoms with Crippen LogP contribution in [-0.2, 0) is 23.7 Å². The molecular weight excluding hydrogens is 510 g/mol. The lowest BCUT2D eigenvalue weighted by atomic mass is 9.91. The normalized spacial score (nSPS) is 27.0. The lowest BCUT2D eigenvalue weighted by Crippen LogP contribution is -2.44. The van der Waals surface area contributed by atoms with Gasteiger partial charge in [0.2, 0.25) is 5.91 Å².